The standard InChI is InChI=1S/C16H17N/c1-2-6-13(7-3-1)12-16-15-9-5-4-8-14(15)10-11-17-16/h1-9,16-17H,10-12H2/p+1/t16-/m0/s1. The highest BCUT2D eigenvalue weighted by molar-refractivity contribution is 5.31. The topological polar surface area (TPSA) is 16.6 Å². The van der Waals surface area contributed by atoms with Crippen LogP contribution in [0.3, 0.4) is 0 Å². The minimum atomic E-state index is 0.599. The summed E-state index contributed by atoms with van der Waals surface area (Å²) < 4.78 is 0. The van der Waals surface area contributed by atoms with Crippen LogP contribution in [0.1, 0.15) is 22.7 Å². The Bertz CT molecular complexity index is 490. The predicted molar refractivity (Wildman–Crippen MR) is 69.8 cm³/mol. The van der Waals surface area contributed by atoms with E-state index in [0.29, 0.717) is 6.04 Å². The van der Waals surface area contributed by atoms with Crippen molar-refractivity contribution in [3.05, 3.63) is 71.3 Å². The van der Waals surface area contributed by atoms with Gasteiger partial charge in [0.05, 0.1) is 6.54 Å². The zero-order valence-corrected chi connectivity index (χ0v) is 9.97. The normalized spacial score (nSPS) is 18.7. The van der Waals surface area contributed by atoms with Crippen LogP contribution in [0.25, 0.3) is 0 Å². The number of rotatable bonds is 2. The van der Waals surface area contributed by atoms with Crippen molar-refractivity contribution in [3.63, 3.8) is 0 Å². The van der Waals surface area contributed by atoms with E-state index in [1.165, 1.54) is 29.7 Å². The molecule has 2 aromatic rings. The van der Waals surface area contributed by atoms with Gasteiger partial charge in [0.25, 0.3) is 0 Å². The summed E-state index contributed by atoms with van der Waals surface area (Å²) in [7, 11) is 0. The average Bonchev–Trinajstić information content (AvgIpc) is 2.40. The van der Waals surface area contributed by atoms with Crippen LogP contribution >= 0.6 is 0 Å². The Morgan fingerprint density at radius 3 is 2.59 bits per heavy atom. The Morgan fingerprint density at radius 2 is 1.71 bits per heavy atom. The van der Waals surface area contributed by atoms with E-state index in [9.17, 15) is 0 Å². The molecule has 0 bridgehead atoms. The fourth-order valence-corrected chi connectivity index (χ4v) is 2.75. The second-order valence-corrected chi connectivity index (χ2v) is 4.77. The second kappa shape index (κ2) is 4.72. The van der Waals surface area contributed by atoms with Crippen LogP contribution in [0.2, 0.25) is 0 Å². The molecule has 2 aromatic carbocycles. The quantitative estimate of drug-likeness (QED) is 0.804. The fraction of sp³-hybridized carbons (Fsp3) is 0.250. The molecule has 17 heavy (non-hydrogen) atoms. The molecule has 0 saturated heterocycles. The average molecular weight is 224 g/mol. The van der Waals surface area contributed by atoms with Crippen molar-refractivity contribution in [2.45, 2.75) is 18.9 Å². The van der Waals surface area contributed by atoms with E-state index in [4.69, 9.17) is 0 Å². The molecule has 0 unspecified atom stereocenters. The third-order valence-corrected chi connectivity index (χ3v) is 3.62. The molecule has 0 spiro atoms. The van der Waals surface area contributed by atoms with Crippen molar-refractivity contribution in [2.24, 2.45) is 0 Å². The first kappa shape index (κ1) is 10.5. The van der Waals surface area contributed by atoms with Crippen molar-refractivity contribution in [3.8, 4) is 0 Å². The number of fused-ring (bicyclic) bond motifs is 1. The highest BCUT2D eigenvalue weighted by Crippen LogP contribution is 2.21. The molecule has 1 atom stereocenters. The zero-order valence-electron chi connectivity index (χ0n) is 9.97. The number of quaternary nitrogens is 1. The predicted octanol–water partition coefficient (Wildman–Crippen LogP) is 2.09. The first-order chi connectivity index (χ1) is 8.43. The summed E-state index contributed by atoms with van der Waals surface area (Å²) in [5.74, 6) is 0. The smallest absolute Gasteiger partial charge is 0.116 e. The van der Waals surface area contributed by atoms with Crippen LogP contribution in [0.15, 0.2) is 54.6 Å². The summed E-state index contributed by atoms with van der Waals surface area (Å²) >= 11 is 0. The molecule has 1 nitrogen and oxygen atoms in total. The van der Waals surface area contributed by atoms with Gasteiger partial charge in [-0.3, -0.25) is 0 Å². The second-order valence-electron chi connectivity index (χ2n) is 4.77. The van der Waals surface area contributed by atoms with Gasteiger partial charge in [0, 0.05) is 18.4 Å². The van der Waals surface area contributed by atoms with Gasteiger partial charge < -0.3 is 5.32 Å². The molecule has 1 aliphatic rings. The third kappa shape index (κ3) is 2.25. The molecule has 0 saturated carbocycles. The molecule has 3 rings (SSSR count). The lowest BCUT2D eigenvalue weighted by molar-refractivity contribution is -0.698. The maximum Gasteiger partial charge on any atom is 0.116 e. The summed E-state index contributed by atoms with van der Waals surface area (Å²) in [6.45, 7) is 1.22. The largest absolute Gasteiger partial charge is 0.340 e. The zero-order chi connectivity index (χ0) is 11.5. The summed E-state index contributed by atoms with van der Waals surface area (Å²) in [5, 5.41) is 2.48. The third-order valence-electron chi connectivity index (χ3n) is 3.62. The minimum absolute atomic E-state index is 0.599. The summed E-state index contributed by atoms with van der Waals surface area (Å²) in [5.41, 5.74) is 4.50. The van der Waals surface area contributed by atoms with Gasteiger partial charge >= 0.3 is 0 Å². The summed E-state index contributed by atoms with van der Waals surface area (Å²) in [4.78, 5) is 0. The van der Waals surface area contributed by atoms with Crippen LogP contribution < -0.4 is 5.32 Å². The number of nitrogens with two attached hydrogens (primary N) is 1. The molecule has 1 heteroatoms. The van der Waals surface area contributed by atoms with Crippen molar-refractivity contribution in [1.29, 1.82) is 0 Å². The first-order valence-corrected chi connectivity index (χ1v) is 6.38. The lowest BCUT2D eigenvalue weighted by Crippen LogP contribution is -2.87. The van der Waals surface area contributed by atoms with Crippen LogP contribution in [-0.2, 0) is 12.8 Å². The van der Waals surface area contributed by atoms with Gasteiger partial charge in [0.15, 0.2) is 0 Å². The van der Waals surface area contributed by atoms with E-state index in [1.54, 1.807) is 0 Å². The lowest BCUT2D eigenvalue weighted by atomic mass is 9.90. The van der Waals surface area contributed by atoms with Crippen LogP contribution in [0, 0.1) is 0 Å². The maximum absolute atomic E-state index is 2.48. The molecule has 86 valence electrons. The molecule has 0 radical (unpaired) electrons. The van der Waals surface area contributed by atoms with E-state index in [1.807, 2.05) is 0 Å². The van der Waals surface area contributed by atoms with Crippen molar-refractivity contribution in [1.82, 2.24) is 0 Å². The molecule has 0 amide bonds. The van der Waals surface area contributed by atoms with Gasteiger partial charge in [-0.15, -0.1) is 0 Å². The van der Waals surface area contributed by atoms with Crippen molar-refractivity contribution < 1.29 is 5.32 Å². The number of hydrogen-bond acceptors (Lipinski definition) is 0. The maximum atomic E-state index is 2.48. The highest BCUT2D eigenvalue weighted by Gasteiger charge is 2.22. The summed E-state index contributed by atoms with van der Waals surface area (Å²) in [6.07, 6.45) is 2.35. The molecular weight excluding hydrogens is 206 g/mol. The van der Waals surface area contributed by atoms with Gasteiger partial charge in [0.1, 0.15) is 6.04 Å². The Morgan fingerprint density at radius 1 is 0.941 bits per heavy atom. The molecule has 2 N–H and O–H groups in total. The molecule has 1 heterocycles. The van der Waals surface area contributed by atoms with E-state index in [2.05, 4.69) is 59.9 Å². The van der Waals surface area contributed by atoms with Gasteiger partial charge in [-0.2, -0.15) is 0 Å². The molecule has 0 aliphatic carbocycles. The molecule has 0 aromatic heterocycles. The van der Waals surface area contributed by atoms with Crippen LogP contribution in [-0.4, -0.2) is 6.54 Å². The van der Waals surface area contributed by atoms with Crippen LogP contribution in [0.5, 0.6) is 0 Å². The highest BCUT2D eigenvalue weighted by atomic mass is 14.9. The van der Waals surface area contributed by atoms with E-state index in [-0.39, 0.29) is 0 Å². The molecule has 1 aliphatic heterocycles. The summed E-state index contributed by atoms with van der Waals surface area (Å²) in [6, 6.07) is 20.3. The Labute approximate surface area is 102 Å². The SMILES string of the molecule is c1ccc(C[C@@H]2[NH2+]CCc3ccccc32)cc1. The van der Waals surface area contributed by atoms with Gasteiger partial charge in [0.2, 0.25) is 0 Å². The van der Waals surface area contributed by atoms with Gasteiger partial charge in [-0.1, -0.05) is 54.6 Å². The lowest BCUT2D eigenvalue weighted by Gasteiger charge is -2.23. The molecular formula is C16H18N+. The minimum Gasteiger partial charge on any atom is -0.340 e. The van der Waals surface area contributed by atoms with E-state index >= 15 is 0 Å². The van der Waals surface area contributed by atoms with Gasteiger partial charge in [-0.05, 0) is 11.1 Å². The van der Waals surface area contributed by atoms with E-state index in [0.717, 1.165) is 6.42 Å². The van der Waals surface area contributed by atoms with Gasteiger partial charge in [-0.25, -0.2) is 0 Å². The fourth-order valence-electron chi connectivity index (χ4n) is 2.75. The monoisotopic (exact) mass is 224 g/mol. The van der Waals surface area contributed by atoms with Crippen LogP contribution in [0.4, 0.5) is 0 Å². The van der Waals surface area contributed by atoms with E-state index < -0.39 is 0 Å². The Balaban J connectivity index is 1.86. The number of hydrogen-bond donors (Lipinski definition) is 1. The van der Waals surface area contributed by atoms with Crippen molar-refractivity contribution in [2.75, 3.05) is 6.54 Å². The molecule has 0 fully saturated rings. The Kier molecular flexibility index (Phi) is 2.93. The number of benzene rings is 2. The van der Waals surface area contributed by atoms with Crippen molar-refractivity contribution >= 4 is 0 Å². The Hall–Kier alpha value is -1.60. The first-order valence-electron chi connectivity index (χ1n) is 6.38.